The molecule has 0 aliphatic heterocycles. The molecular formula is C18H15FN4O2. The maximum absolute atomic E-state index is 13.6. The number of hydrogen-bond donors (Lipinski definition) is 1. The Morgan fingerprint density at radius 2 is 2.20 bits per heavy atom. The average Bonchev–Trinajstić information content (AvgIpc) is 3.09. The second kappa shape index (κ2) is 6.61. The first-order valence-electron chi connectivity index (χ1n) is 7.51. The van der Waals surface area contributed by atoms with Gasteiger partial charge in [-0.25, -0.2) is 9.37 Å². The van der Waals surface area contributed by atoms with Crippen LogP contribution >= 0.6 is 0 Å². The van der Waals surface area contributed by atoms with E-state index in [1.165, 1.54) is 30.2 Å². The number of nitrogens with one attached hydrogen (secondary N) is 1. The maximum Gasteiger partial charge on any atom is 0.259 e. The third-order valence-corrected chi connectivity index (χ3v) is 3.88. The van der Waals surface area contributed by atoms with Crippen molar-refractivity contribution in [2.75, 3.05) is 18.6 Å². The van der Waals surface area contributed by atoms with Crippen molar-refractivity contribution in [3.05, 3.63) is 53.6 Å². The second-order valence-electron chi connectivity index (χ2n) is 5.46. The molecular weight excluding hydrogens is 323 g/mol. The zero-order valence-corrected chi connectivity index (χ0v) is 13.7. The Balaban J connectivity index is 2.04. The molecule has 0 bridgehead atoms. The number of hydrogen-bond acceptors (Lipinski definition) is 4. The number of H-pyrrole nitrogens is 1. The van der Waals surface area contributed by atoms with E-state index in [2.05, 4.69) is 9.97 Å². The molecule has 3 rings (SSSR count). The number of ether oxygens (including phenoxy) is 1. The van der Waals surface area contributed by atoms with E-state index in [-0.39, 0.29) is 18.2 Å². The predicted molar refractivity (Wildman–Crippen MR) is 91.1 cm³/mol. The first-order valence-corrected chi connectivity index (χ1v) is 7.51. The van der Waals surface area contributed by atoms with Crippen LogP contribution in [-0.4, -0.2) is 29.5 Å². The Kier molecular flexibility index (Phi) is 4.35. The SMILES string of the molecule is COc1cc(N(CC#N)C(=O)c2cc(C)c3nc[nH]c3c2)ccc1F. The van der Waals surface area contributed by atoms with E-state index in [0.717, 1.165) is 16.6 Å². The van der Waals surface area contributed by atoms with Gasteiger partial charge in [-0.1, -0.05) is 0 Å². The van der Waals surface area contributed by atoms with E-state index in [1.54, 1.807) is 18.5 Å². The molecule has 1 heterocycles. The summed E-state index contributed by atoms with van der Waals surface area (Å²) in [6.07, 6.45) is 1.56. The van der Waals surface area contributed by atoms with Crippen molar-refractivity contribution >= 4 is 22.6 Å². The lowest BCUT2D eigenvalue weighted by atomic mass is 10.1. The molecule has 0 aliphatic rings. The maximum atomic E-state index is 13.6. The number of carbonyl (C=O) groups is 1. The number of aromatic nitrogens is 2. The summed E-state index contributed by atoms with van der Waals surface area (Å²) in [4.78, 5) is 21.4. The number of benzene rings is 2. The minimum Gasteiger partial charge on any atom is -0.494 e. The summed E-state index contributed by atoms with van der Waals surface area (Å²) in [5, 5.41) is 9.10. The van der Waals surface area contributed by atoms with Crippen molar-refractivity contribution in [2.45, 2.75) is 6.92 Å². The molecule has 3 aromatic rings. The quantitative estimate of drug-likeness (QED) is 0.741. The van der Waals surface area contributed by atoms with Gasteiger partial charge in [-0.05, 0) is 36.8 Å². The predicted octanol–water partition coefficient (Wildman–Crippen LogP) is 3.19. The van der Waals surface area contributed by atoms with Crippen LogP contribution in [0.3, 0.4) is 0 Å². The standard InChI is InChI=1S/C18H15FN4O2/c1-11-7-12(8-15-17(11)22-10-21-15)18(24)23(6-5-20)13-3-4-14(19)16(9-13)25-2/h3-4,7-10H,6H2,1-2H3,(H,21,22). The van der Waals surface area contributed by atoms with Crippen LogP contribution in [0.15, 0.2) is 36.7 Å². The average molecular weight is 338 g/mol. The number of carbonyl (C=O) groups excluding carboxylic acids is 1. The van der Waals surface area contributed by atoms with Crippen LogP contribution in [0.1, 0.15) is 15.9 Å². The van der Waals surface area contributed by atoms with Crippen molar-refractivity contribution in [2.24, 2.45) is 0 Å². The number of imidazole rings is 1. The van der Waals surface area contributed by atoms with Crippen molar-refractivity contribution < 1.29 is 13.9 Å². The summed E-state index contributed by atoms with van der Waals surface area (Å²) in [6, 6.07) is 9.41. The van der Waals surface area contributed by atoms with Gasteiger partial charge in [0.25, 0.3) is 5.91 Å². The number of aromatic amines is 1. The van der Waals surface area contributed by atoms with Crippen LogP contribution in [0.2, 0.25) is 0 Å². The molecule has 0 radical (unpaired) electrons. The molecule has 1 amide bonds. The van der Waals surface area contributed by atoms with Crippen LogP contribution in [-0.2, 0) is 0 Å². The number of nitrogens with zero attached hydrogens (tertiary/aromatic N) is 3. The van der Waals surface area contributed by atoms with E-state index in [9.17, 15) is 9.18 Å². The van der Waals surface area contributed by atoms with Crippen LogP contribution < -0.4 is 9.64 Å². The fourth-order valence-corrected chi connectivity index (χ4v) is 2.67. The zero-order valence-electron chi connectivity index (χ0n) is 13.7. The molecule has 0 spiro atoms. The summed E-state index contributed by atoms with van der Waals surface area (Å²) in [7, 11) is 1.34. The Bertz CT molecular complexity index is 990. The minimum atomic E-state index is -0.537. The number of anilines is 1. The summed E-state index contributed by atoms with van der Waals surface area (Å²) in [5.74, 6) is -0.895. The molecule has 0 fully saturated rings. The van der Waals surface area contributed by atoms with E-state index in [1.807, 2.05) is 13.0 Å². The molecule has 0 saturated heterocycles. The van der Waals surface area contributed by atoms with Crippen LogP contribution in [0.5, 0.6) is 5.75 Å². The van der Waals surface area contributed by atoms with E-state index < -0.39 is 5.82 Å². The second-order valence-corrected chi connectivity index (χ2v) is 5.46. The number of fused-ring (bicyclic) bond motifs is 1. The van der Waals surface area contributed by atoms with Gasteiger partial charge >= 0.3 is 0 Å². The van der Waals surface area contributed by atoms with Gasteiger partial charge in [0.2, 0.25) is 0 Å². The Morgan fingerprint density at radius 1 is 1.40 bits per heavy atom. The normalized spacial score (nSPS) is 10.5. The fourth-order valence-electron chi connectivity index (χ4n) is 2.67. The van der Waals surface area contributed by atoms with Crippen molar-refractivity contribution in [1.82, 2.24) is 9.97 Å². The smallest absolute Gasteiger partial charge is 0.259 e. The Hall–Kier alpha value is -3.40. The number of aryl methyl sites for hydroxylation is 1. The van der Waals surface area contributed by atoms with Gasteiger partial charge in [-0.2, -0.15) is 5.26 Å². The fraction of sp³-hybridized carbons (Fsp3) is 0.167. The highest BCUT2D eigenvalue weighted by atomic mass is 19.1. The summed E-state index contributed by atoms with van der Waals surface area (Å²) in [6.45, 7) is 1.68. The van der Waals surface area contributed by atoms with Gasteiger partial charge in [0.1, 0.15) is 6.54 Å². The third-order valence-electron chi connectivity index (χ3n) is 3.88. The highest BCUT2D eigenvalue weighted by molar-refractivity contribution is 6.08. The molecule has 25 heavy (non-hydrogen) atoms. The van der Waals surface area contributed by atoms with Crippen molar-refractivity contribution in [3.63, 3.8) is 0 Å². The van der Waals surface area contributed by atoms with Crippen LogP contribution in [0, 0.1) is 24.1 Å². The molecule has 0 aliphatic carbocycles. The first kappa shape index (κ1) is 16.5. The molecule has 126 valence electrons. The molecule has 6 nitrogen and oxygen atoms in total. The topological polar surface area (TPSA) is 82.0 Å². The summed E-state index contributed by atoms with van der Waals surface area (Å²) < 4.78 is 18.6. The lowest BCUT2D eigenvalue weighted by Crippen LogP contribution is -2.31. The molecule has 0 saturated carbocycles. The molecule has 7 heteroatoms. The van der Waals surface area contributed by atoms with Crippen LogP contribution in [0.4, 0.5) is 10.1 Å². The third kappa shape index (κ3) is 3.02. The zero-order chi connectivity index (χ0) is 18.0. The van der Waals surface area contributed by atoms with E-state index in [0.29, 0.717) is 11.3 Å². The minimum absolute atomic E-state index is 0.00782. The Labute approximate surface area is 143 Å². The summed E-state index contributed by atoms with van der Waals surface area (Å²) in [5.41, 5.74) is 3.15. The van der Waals surface area contributed by atoms with Gasteiger partial charge in [-0.15, -0.1) is 0 Å². The van der Waals surface area contributed by atoms with Gasteiger partial charge in [-0.3, -0.25) is 9.69 Å². The highest BCUT2D eigenvalue weighted by Gasteiger charge is 2.20. The number of amides is 1. The van der Waals surface area contributed by atoms with Gasteiger partial charge < -0.3 is 9.72 Å². The van der Waals surface area contributed by atoms with E-state index in [4.69, 9.17) is 10.00 Å². The summed E-state index contributed by atoms with van der Waals surface area (Å²) >= 11 is 0. The van der Waals surface area contributed by atoms with Crippen molar-refractivity contribution in [3.8, 4) is 11.8 Å². The number of nitriles is 1. The van der Waals surface area contributed by atoms with Crippen LogP contribution in [0.25, 0.3) is 11.0 Å². The molecule has 0 atom stereocenters. The van der Waals surface area contributed by atoms with E-state index >= 15 is 0 Å². The molecule has 2 aromatic carbocycles. The van der Waals surface area contributed by atoms with Crippen molar-refractivity contribution in [1.29, 1.82) is 5.26 Å². The molecule has 1 aromatic heterocycles. The lowest BCUT2D eigenvalue weighted by Gasteiger charge is -2.21. The molecule has 1 N–H and O–H groups in total. The van der Waals surface area contributed by atoms with Gasteiger partial charge in [0.05, 0.1) is 30.5 Å². The lowest BCUT2D eigenvalue weighted by molar-refractivity contribution is 0.0990. The largest absolute Gasteiger partial charge is 0.494 e. The number of methoxy groups -OCH3 is 1. The number of rotatable bonds is 4. The number of halogens is 1. The Morgan fingerprint density at radius 3 is 2.92 bits per heavy atom. The molecule has 0 unspecified atom stereocenters. The van der Waals surface area contributed by atoms with Gasteiger partial charge in [0, 0.05) is 17.3 Å². The first-order chi connectivity index (χ1) is 12.0. The van der Waals surface area contributed by atoms with Gasteiger partial charge in [0.15, 0.2) is 11.6 Å². The monoisotopic (exact) mass is 338 g/mol. The highest BCUT2D eigenvalue weighted by Crippen LogP contribution is 2.26.